The van der Waals surface area contributed by atoms with Crippen LogP contribution in [0.15, 0.2) is 6.07 Å². The molecule has 1 aliphatic rings. The van der Waals surface area contributed by atoms with Crippen molar-refractivity contribution < 1.29 is 18.0 Å². The first-order valence-corrected chi connectivity index (χ1v) is 7.75. The Bertz CT molecular complexity index is 554. The average Bonchev–Trinajstić information content (AvgIpc) is 2.52. The SMILES string of the molecule is CC(C)NCc1cc(C(=O)N2CCCCC2)nc(C(F)(F)F)n1. The van der Waals surface area contributed by atoms with E-state index in [2.05, 4.69) is 15.3 Å². The summed E-state index contributed by atoms with van der Waals surface area (Å²) in [5.74, 6) is -1.72. The molecule has 23 heavy (non-hydrogen) atoms. The van der Waals surface area contributed by atoms with Crippen molar-refractivity contribution in [3.63, 3.8) is 0 Å². The molecule has 128 valence electrons. The van der Waals surface area contributed by atoms with Gasteiger partial charge in [0, 0.05) is 25.7 Å². The first-order chi connectivity index (χ1) is 10.8. The third-order valence-corrected chi connectivity index (χ3v) is 3.59. The minimum absolute atomic E-state index is 0.0977. The van der Waals surface area contributed by atoms with Crippen LogP contribution in [0.1, 0.15) is 55.1 Å². The standard InChI is InChI=1S/C15H21F3N4O/c1-10(2)19-9-11-8-12(21-14(20-11)15(16,17)18)13(23)22-6-4-3-5-7-22/h8,10,19H,3-7,9H2,1-2H3. The van der Waals surface area contributed by atoms with Gasteiger partial charge in [-0.15, -0.1) is 0 Å². The molecule has 1 aliphatic heterocycles. The minimum atomic E-state index is -4.68. The average molecular weight is 330 g/mol. The summed E-state index contributed by atoms with van der Waals surface area (Å²) < 4.78 is 38.9. The molecule has 0 unspecified atom stereocenters. The molecule has 2 rings (SSSR count). The molecular formula is C15H21F3N4O. The first-order valence-electron chi connectivity index (χ1n) is 7.75. The van der Waals surface area contributed by atoms with Crippen LogP contribution in [0.4, 0.5) is 13.2 Å². The molecule has 1 aromatic rings. The van der Waals surface area contributed by atoms with Crippen molar-refractivity contribution in [2.75, 3.05) is 13.1 Å². The molecule has 0 saturated carbocycles. The molecular weight excluding hydrogens is 309 g/mol. The Morgan fingerprint density at radius 3 is 2.48 bits per heavy atom. The van der Waals surface area contributed by atoms with Crippen LogP contribution in [0, 0.1) is 0 Å². The lowest BCUT2D eigenvalue weighted by molar-refractivity contribution is -0.145. The van der Waals surface area contributed by atoms with Gasteiger partial charge in [-0.2, -0.15) is 13.2 Å². The van der Waals surface area contributed by atoms with E-state index in [4.69, 9.17) is 0 Å². The molecule has 0 bridgehead atoms. The van der Waals surface area contributed by atoms with Crippen LogP contribution < -0.4 is 5.32 Å². The summed E-state index contributed by atoms with van der Waals surface area (Å²) in [6, 6.07) is 1.45. The van der Waals surface area contributed by atoms with Crippen LogP contribution in [-0.4, -0.2) is 39.9 Å². The number of rotatable bonds is 4. The van der Waals surface area contributed by atoms with Crippen molar-refractivity contribution in [1.29, 1.82) is 0 Å². The number of nitrogens with one attached hydrogen (secondary N) is 1. The fraction of sp³-hybridized carbons (Fsp3) is 0.667. The number of nitrogens with zero attached hydrogens (tertiary/aromatic N) is 3. The molecule has 8 heteroatoms. The molecule has 2 heterocycles. The molecule has 0 spiro atoms. The second kappa shape index (κ2) is 7.25. The van der Waals surface area contributed by atoms with Crippen LogP contribution in [0.2, 0.25) is 0 Å². The van der Waals surface area contributed by atoms with E-state index in [1.165, 1.54) is 6.07 Å². The third kappa shape index (κ3) is 4.89. The molecule has 0 aliphatic carbocycles. The predicted octanol–water partition coefficient (Wildman–Crippen LogP) is 2.62. The summed E-state index contributed by atoms with van der Waals surface area (Å²) in [4.78, 5) is 21.0. The monoisotopic (exact) mass is 330 g/mol. The summed E-state index contributed by atoms with van der Waals surface area (Å²) in [5, 5.41) is 3.00. The Hall–Kier alpha value is -1.70. The first kappa shape index (κ1) is 17.7. The van der Waals surface area contributed by atoms with Crippen LogP contribution in [0.25, 0.3) is 0 Å². The van der Waals surface area contributed by atoms with Crippen LogP contribution in [0.3, 0.4) is 0 Å². The molecule has 1 aromatic heterocycles. The Morgan fingerprint density at radius 1 is 1.26 bits per heavy atom. The normalized spacial score (nSPS) is 16.0. The maximum Gasteiger partial charge on any atom is 0.451 e. The zero-order valence-corrected chi connectivity index (χ0v) is 13.3. The third-order valence-electron chi connectivity index (χ3n) is 3.59. The van der Waals surface area contributed by atoms with Crippen molar-refractivity contribution in [2.45, 2.75) is 51.9 Å². The smallest absolute Gasteiger partial charge is 0.337 e. The number of amides is 1. The molecule has 1 saturated heterocycles. The number of alkyl halides is 3. The highest BCUT2D eigenvalue weighted by Gasteiger charge is 2.36. The van der Waals surface area contributed by atoms with Crippen LogP contribution in [0.5, 0.6) is 0 Å². The van der Waals surface area contributed by atoms with Crippen molar-refractivity contribution in [3.05, 3.63) is 23.3 Å². The summed E-state index contributed by atoms with van der Waals surface area (Å²) in [6.45, 7) is 5.04. The zero-order valence-electron chi connectivity index (χ0n) is 13.3. The second-order valence-corrected chi connectivity index (χ2v) is 5.95. The Balaban J connectivity index is 2.29. The quantitative estimate of drug-likeness (QED) is 0.922. The maximum atomic E-state index is 13.0. The van der Waals surface area contributed by atoms with Gasteiger partial charge in [-0.25, -0.2) is 9.97 Å². The Kier molecular flexibility index (Phi) is 5.56. The topological polar surface area (TPSA) is 58.1 Å². The molecule has 1 fully saturated rings. The molecule has 0 aromatic carbocycles. The van der Waals surface area contributed by atoms with E-state index >= 15 is 0 Å². The summed E-state index contributed by atoms with van der Waals surface area (Å²) in [7, 11) is 0. The maximum absolute atomic E-state index is 13.0. The van der Waals surface area contributed by atoms with E-state index in [0.717, 1.165) is 19.3 Å². The van der Waals surface area contributed by atoms with Crippen LogP contribution >= 0.6 is 0 Å². The van der Waals surface area contributed by atoms with Gasteiger partial charge in [0.15, 0.2) is 0 Å². The Morgan fingerprint density at radius 2 is 1.91 bits per heavy atom. The number of carbonyl (C=O) groups is 1. The van der Waals surface area contributed by atoms with Crippen molar-refractivity contribution >= 4 is 5.91 Å². The summed E-state index contributed by atoms with van der Waals surface area (Å²) in [5.41, 5.74) is -0.0174. The lowest BCUT2D eigenvalue weighted by Gasteiger charge is -2.26. The second-order valence-electron chi connectivity index (χ2n) is 5.95. The van der Waals surface area contributed by atoms with Gasteiger partial charge in [-0.1, -0.05) is 13.8 Å². The highest BCUT2D eigenvalue weighted by molar-refractivity contribution is 5.92. The van der Waals surface area contributed by atoms with Gasteiger partial charge in [0.05, 0.1) is 5.69 Å². The van der Waals surface area contributed by atoms with Crippen molar-refractivity contribution in [1.82, 2.24) is 20.2 Å². The number of halogens is 3. The number of hydrogen-bond donors (Lipinski definition) is 1. The highest BCUT2D eigenvalue weighted by atomic mass is 19.4. The Labute approximate surface area is 133 Å². The number of piperidine rings is 1. The molecule has 0 radical (unpaired) electrons. The fourth-order valence-electron chi connectivity index (χ4n) is 2.39. The van der Waals surface area contributed by atoms with E-state index in [1.54, 1.807) is 4.90 Å². The number of likely N-dealkylation sites (tertiary alicyclic amines) is 1. The number of hydrogen-bond acceptors (Lipinski definition) is 4. The van der Waals surface area contributed by atoms with Crippen LogP contribution in [-0.2, 0) is 12.7 Å². The van der Waals surface area contributed by atoms with E-state index in [-0.39, 0.29) is 24.0 Å². The molecule has 0 atom stereocenters. The van der Waals surface area contributed by atoms with E-state index in [1.807, 2.05) is 13.8 Å². The van der Waals surface area contributed by atoms with E-state index < -0.39 is 17.9 Å². The van der Waals surface area contributed by atoms with Gasteiger partial charge in [-0.05, 0) is 25.3 Å². The van der Waals surface area contributed by atoms with Gasteiger partial charge < -0.3 is 10.2 Å². The van der Waals surface area contributed by atoms with E-state index in [9.17, 15) is 18.0 Å². The molecule has 1 amide bonds. The van der Waals surface area contributed by atoms with Gasteiger partial charge in [-0.3, -0.25) is 4.79 Å². The van der Waals surface area contributed by atoms with E-state index in [0.29, 0.717) is 13.1 Å². The van der Waals surface area contributed by atoms with Gasteiger partial charge in [0.25, 0.3) is 5.91 Å². The number of carbonyl (C=O) groups excluding carboxylic acids is 1. The largest absolute Gasteiger partial charge is 0.451 e. The van der Waals surface area contributed by atoms with Gasteiger partial charge in [0.2, 0.25) is 5.82 Å². The van der Waals surface area contributed by atoms with Crippen molar-refractivity contribution in [2.24, 2.45) is 0 Å². The predicted molar refractivity (Wildman–Crippen MR) is 78.8 cm³/mol. The minimum Gasteiger partial charge on any atom is -0.337 e. The highest BCUT2D eigenvalue weighted by Crippen LogP contribution is 2.27. The zero-order chi connectivity index (χ0) is 17.0. The lowest BCUT2D eigenvalue weighted by Crippen LogP contribution is -2.36. The molecule has 1 N–H and O–H groups in total. The fourth-order valence-corrected chi connectivity index (χ4v) is 2.39. The van der Waals surface area contributed by atoms with Gasteiger partial charge in [0.1, 0.15) is 5.69 Å². The van der Waals surface area contributed by atoms with Crippen molar-refractivity contribution in [3.8, 4) is 0 Å². The van der Waals surface area contributed by atoms with Gasteiger partial charge >= 0.3 is 6.18 Å². The summed E-state index contributed by atoms with van der Waals surface area (Å²) in [6.07, 6.45) is -1.91. The summed E-state index contributed by atoms with van der Waals surface area (Å²) >= 11 is 0. The number of aromatic nitrogens is 2. The lowest BCUT2D eigenvalue weighted by atomic mass is 10.1. The molecule has 5 nitrogen and oxygen atoms in total.